The summed E-state index contributed by atoms with van der Waals surface area (Å²) in [6.45, 7) is 0. The maximum absolute atomic E-state index is 5.35. The SMILES string of the molecule is c1ccc([Si]2(c3ccccc3)c3ccccc3-c3cc(-c4ccc(-c5ccc6ccc7ccc(-c8cc9ccccc9c9ccccc89)nc7c6n5)cc4)ccc32)cc1. The van der Waals surface area contributed by atoms with Gasteiger partial charge in [-0.25, -0.2) is 9.97 Å². The molecule has 274 valence electrons. The molecule has 0 radical (unpaired) electrons. The van der Waals surface area contributed by atoms with Crippen molar-refractivity contribution in [2.75, 3.05) is 0 Å². The zero-order chi connectivity index (χ0) is 38.9. The summed E-state index contributed by atoms with van der Waals surface area (Å²) in [5.41, 5.74) is 11.0. The monoisotopic (exact) mass is 764 g/mol. The molecule has 1 aliphatic rings. The summed E-state index contributed by atoms with van der Waals surface area (Å²) >= 11 is 0. The molecule has 0 unspecified atom stereocenters. The van der Waals surface area contributed by atoms with Crippen LogP contribution in [0.25, 0.3) is 88.1 Å². The van der Waals surface area contributed by atoms with Crippen LogP contribution in [0.4, 0.5) is 0 Å². The normalized spacial score (nSPS) is 12.9. The summed E-state index contributed by atoms with van der Waals surface area (Å²) in [7, 11) is -2.50. The van der Waals surface area contributed by atoms with Gasteiger partial charge in [-0.05, 0) is 88.8 Å². The van der Waals surface area contributed by atoms with Gasteiger partial charge in [0.1, 0.15) is 0 Å². The van der Waals surface area contributed by atoms with E-state index in [0.717, 1.165) is 44.3 Å². The summed E-state index contributed by atoms with van der Waals surface area (Å²) in [6.07, 6.45) is 0. The van der Waals surface area contributed by atoms with Gasteiger partial charge in [-0.15, -0.1) is 0 Å². The van der Waals surface area contributed by atoms with E-state index in [-0.39, 0.29) is 0 Å². The molecule has 12 rings (SSSR count). The van der Waals surface area contributed by atoms with Crippen molar-refractivity contribution in [1.29, 1.82) is 0 Å². The Labute approximate surface area is 343 Å². The fraction of sp³-hybridized carbons (Fsp3) is 0. The maximum Gasteiger partial charge on any atom is 0.180 e. The van der Waals surface area contributed by atoms with Crippen molar-refractivity contribution in [3.05, 3.63) is 218 Å². The molecule has 11 aromatic rings. The van der Waals surface area contributed by atoms with Gasteiger partial charge in [0, 0.05) is 21.9 Å². The van der Waals surface area contributed by atoms with E-state index in [9.17, 15) is 0 Å². The first-order valence-electron chi connectivity index (χ1n) is 20.3. The first-order valence-corrected chi connectivity index (χ1v) is 22.3. The molecular formula is C56H36N2Si. The summed E-state index contributed by atoms with van der Waals surface area (Å²) in [5, 5.41) is 12.8. The molecule has 0 bridgehead atoms. The lowest BCUT2D eigenvalue weighted by Gasteiger charge is -2.31. The second-order valence-corrected chi connectivity index (χ2v) is 19.4. The minimum Gasteiger partial charge on any atom is -0.245 e. The van der Waals surface area contributed by atoms with Crippen LogP contribution in [0.15, 0.2) is 218 Å². The highest BCUT2D eigenvalue weighted by Gasteiger charge is 2.48. The molecule has 0 N–H and O–H groups in total. The lowest BCUT2D eigenvalue weighted by molar-refractivity contribution is 1.37. The van der Waals surface area contributed by atoms with Gasteiger partial charge < -0.3 is 0 Å². The van der Waals surface area contributed by atoms with Crippen LogP contribution in [0.1, 0.15) is 0 Å². The Balaban J connectivity index is 0.941. The quantitative estimate of drug-likeness (QED) is 0.129. The second-order valence-electron chi connectivity index (χ2n) is 15.7. The predicted octanol–water partition coefficient (Wildman–Crippen LogP) is 11.4. The molecule has 9 aromatic carbocycles. The third-order valence-corrected chi connectivity index (χ3v) is 17.4. The lowest BCUT2D eigenvalue weighted by Crippen LogP contribution is -2.72. The molecule has 2 nitrogen and oxygen atoms in total. The van der Waals surface area contributed by atoms with Gasteiger partial charge in [0.15, 0.2) is 8.07 Å². The number of aromatic nitrogens is 2. The fourth-order valence-corrected chi connectivity index (χ4v) is 15.0. The molecule has 0 spiro atoms. The van der Waals surface area contributed by atoms with Gasteiger partial charge in [-0.3, -0.25) is 0 Å². The van der Waals surface area contributed by atoms with Crippen LogP contribution in [0.2, 0.25) is 0 Å². The van der Waals surface area contributed by atoms with Crippen LogP contribution in [0.3, 0.4) is 0 Å². The Bertz CT molecular complexity index is 3390. The van der Waals surface area contributed by atoms with E-state index in [0.29, 0.717) is 0 Å². The van der Waals surface area contributed by atoms with Crippen LogP contribution in [0.5, 0.6) is 0 Å². The summed E-state index contributed by atoms with van der Waals surface area (Å²) in [5.74, 6) is 0. The Morgan fingerprint density at radius 1 is 0.288 bits per heavy atom. The van der Waals surface area contributed by atoms with E-state index in [1.54, 1.807) is 0 Å². The molecular weight excluding hydrogens is 729 g/mol. The molecule has 0 saturated carbocycles. The van der Waals surface area contributed by atoms with Gasteiger partial charge in [-0.1, -0.05) is 194 Å². The second kappa shape index (κ2) is 13.3. The van der Waals surface area contributed by atoms with Gasteiger partial charge in [0.05, 0.1) is 22.4 Å². The number of rotatable bonds is 5. The van der Waals surface area contributed by atoms with E-state index in [1.807, 2.05) is 0 Å². The van der Waals surface area contributed by atoms with E-state index in [2.05, 4.69) is 218 Å². The number of benzene rings is 9. The predicted molar refractivity (Wildman–Crippen MR) is 251 cm³/mol. The van der Waals surface area contributed by atoms with Crippen LogP contribution in [-0.4, -0.2) is 18.0 Å². The first-order chi connectivity index (χ1) is 29.2. The number of pyridine rings is 2. The number of fused-ring (bicyclic) bond motifs is 9. The largest absolute Gasteiger partial charge is 0.245 e. The number of nitrogens with zero attached hydrogens (tertiary/aromatic N) is 2. The topological polar surface area (TPSA) is 25.8 Å². The van der Waals surface area contributed by atoms with Crippen molar-refractivity contribution in [3.63, 3.8) is 0 Å². The Morgan fingerprint density at radius 2 is 0.814 bits per heavy atom. The number of hydrogen-bond acceptors (Lipinski definition) is 2. The smallest absolute Gasteiger partial charge is 0.180 e. The van der Waals surface area contributed by atoms with Crippen LogP contribution in [-0.2, 0) is 0 Å². The third kappa shape index (κ3) is 5.18. The van der Waals surface area contributed by atoms with Gasteiger partial charge in [0.25, 0.3) is 0 Å². The summed E-state index contributed by atoms with van der Waals surface area (Å²) < 4.78 is 0. The van der Waals surface area contributed by atoms with E-state index in [1.165, 1.54) is 64.5 Å². The maximum atomic E-state index is 5.35. The minimum absolute atomic E-state index is 0.915. The average Bonchev–Trinajstić information content (AvgIpc) is 3.62. The Morgan fingerprint density at radius 3 is 1.54 bits per heavy atom. The highest BCUT2D eigenvalue weighted by Crippen LogP contribution is 2.37. The highest BCUT2D eigenvalue weighted by atomic mass is 28.3. The molecule has 0 amide bonds. The van der Waals surface area contributed by atoms with Crippen molar-refractivity contribution < 1.29 is 0 Å². The summed E-state index contributed by atoms with van der Waals surface area (Å²) in [4.78, 5) is 10.7. The van der Waals surface area contributed by atoms with Crippen molar-refractivity contribution in [1.82, 2.24) is 9.97 Å². The highest BCUT2D eigenvalue weighted by molar-refractivity contribution is 7.22. The first kappa shape index (κ1) is 33.7. The molecule has 3 heterocycles. The molecule has 0 fully saturated rings. The molecule has 3 heteroatoms. The standard InChI is InChI=1S/C56H36N2Si/c1-3-14-43(15-4-1)59(44-16-5-2-6-17-44)53-22-12-11-21-48(53)50-35-41(31-34-54(50)59)37-23-25-38(26-24-37)51-32-29-39-27-28-40-30-33-52(58-56(40)55(39)57-51)49-36-42-13-7-8-18-45(42)46-19-9-10-20-47(46)49/h1-36H. The molecule has 2 aromatic heterocycles. The van der Waals surface area contributed by atoms with Gasteiger partial charge >= 0.3 is 0 Å². The van der Waals surface area contributed by atoms with Crippen molar-refractivity contribution in [2.24, 2.45) is 0 Å². The zero-order valence-electron chi connectivity index (χ0n) is 32.2. The van der Waals surface area contributed by atoms with Crippen molar-refractivity contribution >= 4 is 72.2 Å². The van der Waals surface area contributed by atoms with Gasteiger partial charge in [0.2, 0.25) is 0 Å². The molecule has 0 saturated heterocycles. The Kier molecular flexibility index (Phi) is 7.59. The minimum atomic E-state index is -2.50. The lowest BCUT2D eigenvalue weighted by atomic mass is 9.95. The van der Waals surface area contributed by atoms with E-state index in [4.69, 9.17) is 9.97 Å². The van der Waals surface area contributed by atoms with Crippen LogP contribution < -0.4 is 20.7 Å². The molecule has 1 aliphatic heterocycles. The van der Waals surface area contributed by atoms with E-state index < -0.39 is 8.07 Å². The van der Waals surface area contributed by atoms with Gasteiger partial charge in [-0.2, -0.15) is 0 Å². The summed E-state index contributed by atoms with van der Waals surface area (Å²) in [6, 6.07) is 80.0. The third-order valence-electron chi connectivity index (χ3n) is 12.5. The van der Waals surface area contributed by atoms with Crippen LogP contribution in [0, 0.1) is 0 Å². The molecule has 59 heavy (non-hydrogen) atoms. The fourth-order valence-electron chi connectivity index (χ4n) is 9.81. The molecule has 0 atom stereocenters. The zero-order valence-corrected chi connectivity index (χ0v) is 33.2. The Hall–Kier alpha value is -7.46. The van der Waals surface area contributed by atoms with Crippen LogP contribution >= 0.6 is 0 Å². The number of hydrogen-bond donors (Lipinski definition) is 0. The molecule has 0 aliphatic carbocycles. The van der Waals surface area contributed by atoms with E-state index >= 15 is 0 Å². The average molecular weight is 765 g/mol. The van der Waals surface area contributed by atoms with Crippen molar-refractivity contribution in [3.8, 4) is 44.8 Å². The van der Waals surface area contributed by atoms with Crippen molar-refractivity contribution in [2.45, 2.75) is 0 Å².